The number of thioether (sulfide) groups is 1. The van der Waals surface area contributed by atoms with Crippen molar-refractivity contribution in [3.8, 4) is 11.5 Å². The summed E-state index contributed by atoms with van der Waals surface area (Å²) in [5.74, 6) is 2.32. The van der Waals surface area contributed by atoms with Crippen LogP contribution < -0.4 is 5.32 Å². The van der Waals surface area contributed by atoms with Gasteiger partial charge in [0.15, 0.2) is 0 Å². The Morgan fingerprint density at radius 3 is 2.70 bits per heavy atom. The minimum Gasteiger partial charge on any atom is -0.355 e. The summed E-state index contributed by atoms with van der Waals surface area (Å²) in [5, 5.41) is 7.68. The molecule has 0 radical (unpaired) electrons. The Hall–Kier alpha value is -2.73. The molecule has 0 bridgehead atoms. The molecule has 5 nitrogen and oxygen atoms in total. The zero-order valence-corrected chi connectivity index (χ0v) is 18.0. The van der Waals surface area contributed by atoms with Crippen LogP contribution in [0.2, 0.25) is 0 Å². The van der Waals surface area contributed by atoms with E-state index in [1.165, 1.54) is 31.3 Å². The van der Waals surface area contributed by atoms with E-state index in [1.807, 2.05) is 65.7 Å². The molecule has 1 amide bonds. The number of carbonyl (C=O) groups is 1. The number of benzene rings is 1. The highest BCUT2D eigenvalue weighted by molar-refractivity contribution is 7.99. The number of aromatic nitrogens is 3. The van der Waals surface area contributed by atoms with E-state index in [-0.39, 0.29) is 5.91 Å². The number of rotatable bonds is 9. The summed E-state index contributed by atoms with van der Waals surface area (Å²) in [5.41, 5.74) is 3.63. The Morgan fingerprint density at radius 2 is 1.93 bits per heavy atom. The topological polar surface area (TPSA) is 51.9 Å². The van der Waals surface area contributed by atoms with Crippen molar-refractivity contribution in [2.45, 2.75) is 37.9 Å². The van der Waals surface area contributed by atoms with Crippen molar-refractivity contribution in [2.24, 2.45) is 0 Å². The minimum absolute atomic E-state index is 0.106. The number of hydrogen-bond acceptors (Lipinski definition) is 3. The number of allylic oxidation sites excluding steroid dienone is 1. The Morgan fingerprint density at radius 1 is 1.10 bits per heavy atom. The summed E-state index contributed by atoms with van der Waals surface area (Å²) in [6.07, 6.45) is 14.3. The van der Waals surface area contributed by atoms with Crippen molar-refractivity contribution in [1.82, 2.24) is 19.7 Å². The largest absolute Gasteiger partial charge is 0.355 e. The number of para-hydroxylation sites is 1. The lowest BCUT2D eigenvalue weighted by molar-refractivity contribution is -0.118. The van der Waals surface area contributed by atoms with Crippen LogP contribution in [0.1, 0.15) is 37.7 Å². The van der Waals surface area contributed by atoms with Crippen molar-refractivity contribution in [1.29, 1.82) is 0 Å². The van der Waals surface area contributed by atoms with E-state index >= 15 is 0 Å². The molecule has 1 aliphatic carbocycles. The van der Waals surface area contributed by atoms with E-state index in [0.717, 1.165) is 35.8 Å². The standard InChI is InChI=1S/C24H28N4OS/c29-23(25-14-13-20-9-3-1-4-10-20)19-30-18-21-17-26-28(22-11-5-2-6-12-22)24(21)27-15-7-8-16-27/h2,5-9,11-12,15-17H,1,3-4,10,13-14,18-19H2,(H,25,29). The highest BCUT2D eigenvalue weighted by Gasteiger charge is 2.14. The number of carbonyl (C=O) groups excluding carboxylic acids is 1. The zero-order valence-electron chi connectivity index (χ0n) is 17.2. The van der Waals surface area contributed by atoms with Crippen LogP contribution in [0, 0.1) is 0 Å². The Labute approximate surface area is 182 Å². The molecule has 2 heterocycles. The second kappa shape index (κ2) is 10.3. The van der Waals surface area contributed by atoms with Crippen LogP contribution >= 0.6 is 11.8 Å². The number of nitrogens with zero attached hydrogens (tertiary/aromatic N) is 3. The summed E-state index contributed by atoms with van der Waals surface area (Å²) >= 11 is 1.63. The first-order valence-electron chi connectivity index (χ1n) is 10.6. The average molecular weight is 421 g/mol. The normalized spacial score (nSPS) is 13.8. The predicted molar refractivity (Wildman–Crippen MR) is 123 cm³/mol. The summed E-state index contributed by atoms with van der Waals surface area (Å²) in [4.78, 5) is 12.2. The zero-order chi connectivity index (χ0) is 20.6. The molecular formula is C24H28N4OS. The van der Waals surface area contributed by atoms with Crippen LogP contribution in [0.3, 0.4) is 0 Å². The third-order valence-electron chi connectivity index (χ3n) is 5.31. The van der Waals surface area contributed by atoms with Gasteiger partial charge in [0.05, 0.1) is 17.6 Å². The lowest BCUT2D eigenvalue weighted by atomic mass is 9.97. The molecule has 4 rings (SSSR count). The summed E-state index contributed by atoms with van der Waals surface area (Å²) in [7, 11) is 0. The molecule has 0 saturated heterocycles. The Balaban J connectivity index is 1.34. The molecule has 156 valence electrons. The van der Waals surface area contributed by atoms with Crippen LogP contribution in [-0.2, 0) is 10.5 Å². The number of amides is 1. The van der Waals surface area contributed by atoms with Crippen LogP contribution in [0.4, 0.5) is 0 Å². The van der Waals surface area contributed by atoms with Gasteiger partial charge < -0.3 is 9.88 Å². The highest BCUT2D eigenvalue weighted by atomic mass is 32.2. The Bertz CT molecular complexity index is 976. The molecular weight excluding hydrogens is 392 g/mol. The van der Waals surface area contributed by atoms with Gasteiger partial charge in [-0.25, -0.2) is 4.68 Å². The maximum absolute atomic E-state index is 12.2. The number of nitrogens with one attached hydrogen (secondary N) is 1. The van der Waals surface area contributed by atoms with Gasteiger partial charge in [0.2, 0.25) is 5.91 Å². The van der Waals surface area contributed by atoms with Gasteiger partial charge in [-0.15, -0.1) is 11.8 Å². The fourth-order valence-corrected chi connectivity index (χ4v) is 4.60. The Kier molecular flexibility index (Phi) is 7.08. The molecule has 0 spiro atoms. The quantitative estimate of drug-likeness (QED) is 0.501. The molecule has 0 fully saturated rings. The van der Waals surface area contributed by atoms with Gasteiger partial charge in [0, 0.05) is 30.3 Å². The summed E-state index contributed by atoms with van der Waals surface area (Å²) < 4.78 is 4.03. The van der Waals surface area contributed by atoms with Crippen molar-refractivity contribution in [2.75, 3.05) is 12.3 Å². The molecule has 6 heteroatoms. The van der Waals surface area contributed by atoms with E-state index in [4.69, 9.17) is 0 Å². The lowest BCUT2D eigenvalue weighted by Crippen LogP contribution is -2.26. The first kappa shape index (κ1) is 20.5. The summed E-state index contributed by atoms with van der Waals surface area (Å²) in [6, 6.07) is 14.1. The average Bonchev–Trinajstić information content (AvgIpc) is 3.45. The van der Waals surface area contributed by atoms with Gasteiger partial charge in [-0.2, -0.15) is 5.10 Å². The smallest absolute Gasteiger partial charge is 0.230 e. The molecule has 0 unspecified atom stereocenters. The van der Waals surface area contributed by atoms with Gasteiger partial charge in [0.1, 0.15) is 5.82 Å². The molecule has 1 N–H and O–H groups in total. The van der Waals surface area contributed by atoms with Crippen LogP contribution in [0.15, 0.2) is 72.7 Å². The number of hydrogen-bond donors (Lipinski definition) is 1. The monoisotopic (exact) mass is 420 g/mol. The molecule has 30 heavy (non-hydrogen) atoms. The van der Waals surface area contributed by atoms with E-state index in [9.17, 15) is 4.79 Å². The van der Waals surface area contributed by atoms with Crippen molar-refractivity contribution >= 4 is 17.7 Å². The van der Waals surface area contributed by atoms with Gasteiger partial charge in [-0.1, -0.05) is 29.8 Å². The third kappa shape index (κ3) is 5.25. The first-order valence-corrected chi connectivity index (χ1v) is 11.7. The second-order valence-corrected chi connectivity index (χ2v) is 8.52. The van der Waals surface area contributed by atoms with Crippen LogP contribution in [0.5, 0.6) is 0 Å². The molecule has 0 aliphatic heterocycles. The fourth-order valence-electron chi connectivity index (χ4n) is 3.79. The lowest BCUT2D eigenvalue weighted by Gasteiger charge is -2.13. The van der Waals surface area contributed by atoms with Crippen LogP contribution in [0.25, 0.3) is 11.5 Å². The third-order valence-corrected chi connectivity index (χ3v) is 6.29. The van der Waals surface area contributed by atoms with Gasteiger partial charge >= 0.3 is 0 Å². The molecule has 0 atom stereocenters. The van der Waals surface area contributed by atoms with Crippen molar-refractivity contribution < 1.29 is 4.79 Å². The van der Waals surface area contributed by atoms with Crippen LogP contribution in [-0.4, -0.2) is 32.6 Å². The van der Waals surface area contributed by atoms with E-state index in [0.29, 0.717) is 5.75 Å². The van der Waals surface area contributed by atoms with E-state index in [2.05, 4.69) is 21.1 Å². The first-order chi connectivity index (χ1) is 14.8. The van der Waals surface area contributed by atoms with Crippen molar-refractivity contribution in [3.05, 3.63) is 78.3 Å². The molecule has 1 aromatic carbocycles. The maximum Gasteiger partial charge on any atom is 0.230 e. The molecule has 2 aromatic heterocycles. The predicted octanol–water partition coefficient (Wildman–Crippen LogP) is 4.90. The minimum atomic E-state index is 0.106. The molecule has 3 aromatic rings. The SMILES string of the molecule is O=C(CSCc1cnn(-c2ccccc2)c1-n1cccc1)NCCC1=CCCCC1. The summed E-state index contributed by atoms with van der Waals surface area (Å²) in [6.45, 7) is 0.742. The van der Waals surface area contributed by atoms with Gasteiger partial charge in [-0.05, 0) is 56.4 Å². The fraction of sp³-hybridized carbons (Fsp3) is 0.333. The molecule has 0 saturated carbocycles. The maximum atomic E-state index is 12.2. The van der Waals surface area contributed by atoms with Gasteiger partial charge in [0.25, 0.3) is 0 Å². The van der Waals surface area contributed by atoms with E-state index < -0.39 is 0 Å². The van der Waals surface area contributed by atoms with Crippen molar-refractivity contribution in [3.63, 3.8) is 0 Å². The highest BCUT2D eigenvalue weighted by Crippen LogP contribution is 2.23. The molecule has 1 aliphatic rings. The van der Waals surface area contributed by atoms with E-state index in [1.54, 1.807) is 11.8 Å². The van der Waals surface area contributed by atoms with Gasteiger partial charge in [-0.3, -0.25) is 4.79 Å². The second-order valence-electron chi connectivity index (χ2n) is 7.53.